The molecule has 0 saturated carbocycles. The van der Waals surface area contributed by atoms with Crippen LogP contribution in [0.15, 0.2) is 12.1 Å². The van der Waals surface area contributed by atoms with Crippen LogP contribution in [0, 0.1) is 3.57 Å². The van der Waals surface area contributed by atoms with Crippen molar-refractivity contribution >= 4 is 40.1 Å². The summed E-state index contributed by atoms with van der Waals surface area (Å²) >= 11 is 7.91. The summed E-state index contributed by atoms with van der Waals surface area (Å²) in [5, 5.41) is 0.491. The van der Waals surface area contributed by atoms with Gasteiger partial charge in [-0.15, -0.1) is 0 Å². The minimum atomic E-state index is -0.430. The lowest BCUT2D eigenvalue weighted by Gasteiger charge is -2.08. The number of halogens is 2. The fraction of sp³-hybridized carbons (Fsp3) is 0.125. The van der Waals surface area contributed by atoms with Crippen molar-refractivity contribution < 1.29 is 9.53 Å². The summed E-state index contributed by atoms with van der Waals surface area (Å²) in [5.41, 5.74) is 2.34. The number of ether oxygens (including phenoxy) is 1. The average Bonchev–Trinajstić information content (AvgIpc) is 2.20. The van der Waals surface area contributed by atoms with Crippen LogP contribution in [-0.4, -0.2) is 13.0 Å². The molecule has 0 aliphatic heterocycles. The molecular weight excluding hydrogens is 318 g/mol. The van der Waals surface area contributed by atoms with Crippen LogP contribution in [0.3, 0.4) is 0 Å². The van der Waals surface area contributed by atoms with Crippen molar-refractivity contribution in [3.8, 4) is 5.75 Å². The van der Waals surface area contributed by atoms with Crippen molar-refractivity contribution in [3.05, 3.63) is 26.3 Å². The molecule has 0 radical (unpaired) electrons. The zero-order chi connectivity index (χ0) is 10.7. The van der Waals surface area contributed by atoms with Crippen LogP contribution < -0.4 is 16.0 Å². The molecule has 3 N–H and O–H groups in total. The summed E-state index contributed by atoms with van der Waals surface area (Å²) in [6.07, 6.45) is 0. The molecule has 0 bridgehead atoms. The number of carbonyl (C=O) groups excluding carboxylic acids is 1. The average molecular weight is 327 g/mol. The number of rotatable bonds is 2. The summed E-state index contributed by atoms with van der Waals surface area (Å²) in [5.74, 6) is 5.03. The van der Waals surface area contributed by atoms with Gasteiger partial charge in [0.15, 0.2) is 0 Å². The van der Waals surface area contributed by atoms with E-state index in [0.717, 1.165) is 3.57 Å². The van der Waals surface area contributed by atoms with Crippen molar-refractivity contribution in [2.75, 3.05) is 7.11 Å². The fourth-order valence-corrected chi connectivity index (χ4v) is 1.55. The van der Waals surface area contributed by atoms with E-state index in [9.17, 15) is 4.79 Å². The topological polar surface area (TPSA) is 64.3 Å². The number of nitrogen functional groups attached to an aromatic ring is 1. The van der Waals surface area contributed by atoms with Crippen molar-refractivity contribution in [1.82, 2.24) is 5.43 Å². The Labute approximate surface area is 99.9 Å². The molecule has 0 aromatic heterocycles. The summed E-state index contributed by atoms with van der Waals surface area (Å²) in [6.45, 7) is 0. The largest absolute Gasteiger partial charge is 0.496 e. The number of hydrogen-bond acceptors (Lipinski definition) is 3. The van der Waals surface area contributed by atoms with E-state index in [1.807, 2.05) is 5.43 Å². The quantitative estimate of drug-likeness (QED) is 0.375. The summed E-state index contributed by atoms with van der Waals surface area (Å²) in [7, 11) is 1.48. The number of hydrogen-bond donors (Lipinski definition) is 2. The third kappa shape index (κ3) is 2.28. The predicted octanol–water partition coefficient (Wildman–Crippen LogP) is 1.56. The molecule has 0 fully saturated rings. The van der Waals surface area contributed by atoms with Gasteiger partial charge < -0.3 is 4.74 Å². The van der Waals surface area contributed by atoms with E-state index in [1.54, 1.807) is 6.07 Å². The second kappa shape index (κ2) is 4.81. The lowest BCUT2D eigenvalue weighted by molar-refractivity contribution is 0.0950. The highest BCUT2D eigenvalue weighted by Gasteiger charge is 2.13. The Morgan fingerprint density at radius 2 is 2.29 bits per heavy atom. The number of nitrogens with one attached hydrogen (secondary N) is 1. The number of benzene rings is 1. The lowest BCUT2D eigenvalue weighted by Crippen LogP contribution is -2.30. The first-order valence-electron chi connectivity index (χ1n) is 3.64. The molecule has 1 amide bonds. The van der Waals surface area contributed by atoms with Gasteiger partial charge in [-0.05, 0) is 34.7 Å². The maximum Gasteiger partial charge on any atom is 0.268 e. The van der Waals surface area contributed by atoms with Crippen LogP contribution in [0.1, 0.15) is 10.4 Å². The number of carbonyl (C=O) groups is 1. The van der Waals surface area contributed by atoms with Gasteiger partial charge in [0.1, 0.15) is 5.75 Å². The van der Waals surface area contributed by atoms with Gasteiger partial charge in [0.25, 0.3) is 5.91 Å². The molecule has 1 aromatic rings. The van der Waals surface area contributed by atoms with Crippen molar-refractivity contribution in [2.45, 2.75) is 0 Å². The number of hydrazine groups is 1. The van der Waals surface area contributed by atoms with Gasteiger partial charge in [0.2, 0.25) is 0 Å². The number of methoxy groups -OCH3 is 1. The minimum absolute atomic E-state index is 0.320. The fourth-order valence-electron chi connectivity index (χ4n) is 0.953. The third-order valence-electron chi connectivity index (χ3n) is 1.62. The highest BCUT2D eigenvalue weighted by Crippen LogP contribution is 2.27. The van der Waals surface area contributed by atoms with Crippen molar-refractivity contribution in [3.63, 3.8) is 0 Å². The summed E-state index contributed by atoms with van der Waals surface area (Å²) in [4.78, 5) is 11.3. The standard InChI is InChI=1S/C8H8ClIN2O2/c1-14-7-3-6(10)5(9)2-4(7)8(13)12-11/h2-3H,11H2,1H3,(H,12,13). The highest BCUT2D eigenvalue weighted by molar-refractivity contribution is 14.1. The van der Waals surface area contributed by atoms with E-state index >= 15 is 0 Å². The lowest BCUT2D eigenvalue weighted by atomic mass is 10.2. The Morgan fingerprint density at radius 1 is 1.64 bits per heavy atom. The Kier molecular flexibility index (Phi) is 3.97. The van der Waals surface area contributed by atoms with Crippen LogP contribution in [0.25, 0.3) is 0 Å². The number of nitrogens with two attached hydrogens (primary N) is 1. The van der Waals surface area contributed by atoms with E-state index < -0.39 is 5.91 Å². The van der Waals surface area contributed by atoms with Crippen LogP contribution >= 0.6 is 34.2 Å². The Hall–Kier alpha value is -0.530. The summed E-state index contributed by atoms with van der Waals surface area (Å²) in [6, 6.07) is 3.19. The smallest absolute Gasteiger partial charge is 0.268 e. The molecule has 6 heteroatoms. The van der Waals surface area contributed by atoms with E-state index in [0.29, 0.717) is 16.3 Å². The SMILES string of the molecule is COc1cc(I)c(Cl)cc1C(=O)NN. The normalized spacial score (nSPS) is 9.71. The maximum atomic E-state index is 11.3. The van der Waals surface area contributed by atoms with Gasteiger partial charge in [0, 0.05) is 3.57 Å². The predicted molar refractivity (Wildman–Crippen MR) is 62.4 cm³/mol. The second-order valence-corrected chi connectivity index (χ2v) is 4.01. The Morgan fingerprint density at radius 3 is 2.79 bits per heavy atom. The minimum Gasteiger partial charge on any atom is -0.496 e. The Balaban J connectivity index is 3.27. The molecule has 0 saturated heterocycles. The zero-order valence-electron chi connectivity index (χ0n) is 7.30. The van der Waals surface area contributed by atoms with Gasteiger partial charge in [-0.25, -0.2) is 5.84 Å². The molecule has 76 valence electrons. The maximum absolute atomic E-state index is 11.3. The van der Waals surface area contributed by atoms with Crippen LogP contribution in [0.4, 0.5) is 0 Å². The molecule has 14 heavy (non-hydrogen) atoms. The Bertz CT molecular complexity index is 371. The summed E-state index contributed by atoms with van der Waals surface area (Å²) < 4.78 is 5.84. The van der Waals surface area contributed by atoms with E-state index in [2.05, 4.69) is 22.6 Å². The molecule has 1 aromatic carbocycles. The molecule has 0 atom stereocenters. The van der Waals surface area contributed by atoms with E-state index in [1.165, 1.54) is 13.2 Å². The third-order valence-corrected chi connectivity index (χ3v) is 3.14. The second-order valence-electron chi connectivity index (χ2n) is 2.44. The van der Waals surface area contributed by atoms with Crippen molar-refractivity contribution in [2.24, 2.45) is 5.84 Å². The first-order valence-corrected chi connectivity index (χ1v) is 5.09. The monoisotopic (exact) mass is 326 g/mol. The van der Waals surface area contributed by atoms with Crippen LogP contribution in [0.2, 0.25) is 5.02 Å². The van der Waals surface area contributed by atoms with Crippen LogP contribution in [0.5, 0.6) is 5.75 Å². The van der Waals surface area contributed by atoms with Gasteiger partial charge in [0.05, 0.1) is 17.7 Å². The molecule has 0 aliphatic carbocycles. The van der Waals surface area contributed by atoms with Gasteiger partial charge in [-0.2, -0.15) is 0 Å². The molecule has 0 aliphatic rings. The molecule has 0 unspecified atom stereocenters. The molecular formula is C8H8ClIN2O2. The van der Waals surface area contributed by atoms with E-state index in [4.69, 9.17) is 22.2 Å². The first kappa shape index (κ1) is 11.5. The molecule has 4 nitrogen and oxygen atoms in total. The molecule has 1 rings (SSSR count). The van der Waals surface area contributed by atoms with Gasteiger partial charge in [-0.1, -0.05) is 11.6 Å². The zero-order valence-corrected chi connectivity index (χ0v) is 10.2. The van der Waals surface area contributed by atoms with Crippen molar-refractivity contribution in [1.29, 1.82) is 0 Å². The highest BCUT2D eigenvalue weighted by atomic mass is 127. The van der Waals surface area contributed by atoms with Gasteiger partial charge in [-0.3, -0.25) is 10.2 Å². The van der Waals surface area contributed by atoms with Gasteiger partial charge >= 0.3 is 0 Å². The van der Waals surface area contributed by atoms with E-state index in [-0.39, 0.29) is 0 Å². The van der Waals surface area contributed by atoms with Crippen LogP contribution in [-0.2, 0) is 0 Å². The first-order chi connectivity index (χ1) is 6.60. The number of amides is 1. The molecule has 0 spiro atoms. The molecule has 0 heterocycles.